The number of hydrazine groups is 1. The summed E-state index contributed by atoms with van der Waals surface area (Å²) in [6.45, 7) is 0. The lowest BCUT2D eigenvalue weighted by atomic mass is 9.85. The van der Waals surface area contributed by atoms with Crippen LogP contribution >= 0.6 is 0 Å². The van der Waals surface area contributed by atoms with Crippen molar-refractivity contribution in [3.63, 3.8) is 0 Å². The molecule has 0 spiro atoms. The van der Waals surface area contributed by atoms with Crippen molar-refractivity contribution in [2.75, 3.05) is 0 Å². The van der Waals surface area contributed by atoms with Gasteiger partial charge in [-0.2, -0.15) is 0 Å². The van der Waals surface area contributed by atoms with Crippen LogP contribution in [-0.2, 0) is 19.8 Å². The second-order valence-corrected chi connectivity index (χ2v) is 6.11. The van der Waals surface area contributed by atoms with Crippen molar-refractivity contribution in [1.29, 1.82) is 0 Å². The molecule has 26 heavy (non-hydrogen) atoms. The van der Waals surface area contributed by atoms with Crippen LogP contribution in [0.5, 0.6) is 0 Å². The van der Waals surface area contributed by atoms with Crippen LogP contribution in [0, 0.1) is 5.92 Å². The summed E-state index contributed by atoms with van der Waals surface area (Å²) in [4.78, 5) is 34.5. The van der Waals surface area contributed by atoms with Crippen molar-refractivity contribution < 1.29 is 19.5 Å². The average Bonchev–Trinajstić information content (AvgIpc) is 3.43. The van der Waals surface area contributed by atoms with Gasteiger partial charge in [0, 0.05) is 17.6 Å². The van der Waals surface area contributed by atoms with Gasteiger partial charge in [0.2, 0.25) is 5.91 Å². The molecule has 1 atom stereocenters. The molecule has 1 aliphatic rings. The van der Waals surface area contributed by atoms with E-state index in [1.54, 1.807) is 0 Å². The minimum Gasteiger partial charge on any atom is -0.478 e. The summed E-state index contributed by atoms with van der Waals surface area (Å²) in [6, 6.07) is 19.6. The van der Waals surface area contributed by atoms with Crippen molar-refractivity contribution >= 4 is 17.8 Å². The smallest absolute Gasteiger partial charge is 0.328 e. The number of carboxylic acids is 1. The van der Waals surface area contributed by atoms with Crippen LogP contribution < -0.4 is 10.9 Å². The fourth-order valence-corrected chi connectivity index (χ4v) is 3.25. The van der Waals surface area contributed by atoms with Gasteiger partial charge in [0.1, 0.15) is 0 Å². The molecular formula is C20H18N2O4. The summed E-state index contributed by atoms with van der Waals surface area (Å²) in [6.07, 6.45) is 2.18. The Hall–Kier alpha value is -3.41. The van der Waals surface area contributed by atoms with Gasteiger partial charge in [-0.15, -0.1) is 0 Å². The highest BCUT2D eigenvalue weighted by Crippen LogP contribution is 2.58. The number of amides is 2. The summed E-state index contributed by atoms with van der Waals surface area (Å²) in [7, 11) is 0. The predicted molar refractivity (Wildman–Crippen MR) is 94.8 cm³/mol. The molecular weight excluding hydrogens is 332 g/mol. The standard InChI is InChI=1S/C20H18N2O4/c23-17(11-12-18(24)25)21-22-19(26)16-13-20(16,14-7-3-1-4-8-14)15-9-5-2-6-10-15/h1-12,16H,13H2,(H,21,23)(H,22,26)(H,24,25)/b12-11-/t16-/m0/s1. The first kappa shape index (κ1) is 17.4. The summed E-state index contributed by atoms with van der Waals surface area (Å²) >= 11 is 0. The molecule has 1 fully saturated rings. The van der Waals surface area contributed by atoms with E-state index in [4.69, 9.17) is 5.11 Å². The van der Waals surface area contributed by atoms with Crippen molar-refractivity contribution in [2.45, 2.75) is 11.8 Å². The van der Waals surface area contributed by atoms with E-state index in [0.29, 0.717) is 12.5 Å². The van der Waals surface area contributed by atoms with Gasteiger partial charge >= 0.3 is 5.97 Å². The lowest BCUT2D eigenvalue weighted by molar-refractivity contribution is -0.131. The number of carbonyl (C=O) groups is 3. The lowest BCUT2D eigenvalue weighted by Gasteiger charge is -2.19. The number of hydrogen-bond donors (Lipinski definition) is 3. The van der Waals surface area contributed by atoms with Crippen LogP contribution in [0.15, 0.2) is 72.8 Å². The van der Waals surface area contributed by atoms with Gasteiger partial charge in [-0.25, -0.2) is 4.79 Å². The quantitative estimate of drug-likeness (QED) is 0.566. The first-order valence-electron chi connectivity index (χ1n) is 8.16. The second kappa shape index (κ2) is 7.23. The minimum absolute atomic E-state index is 0.310. The Balaban J connectivity index is 1.75. The second-order valence-electron chi connectivity index (χ2n) is 6.11. The van der Waals surface area contributed by atoms with E-state index in [1.807, 2.05) is 60.7 Å². The molecule has 132 valence electrons. The minimum atomic E-state index is -1.24. The molecule has 0 radical (unpaired) electrons. The molecule has 6 nitrogen and oxygen atoms in total. The largest absolute Gasteiger partial charge is 0.478 e. The Bertz CT molecular complexity index is 807. The molecule has 0 aromatic heterocycles. The molecule has 0 heterocycles. The van der Waals surface area contributed by atoms with Gasteiger partial charge < -0.3 is 5.11 Å². The van der Waals surface area contributed by atoms with Crippen LogP contribution in [-0.4, -0.2) is 22.9 Å². The van der Waals surface area contributed by atoms with Gasteiger partial charge in [0.15, 0.2) is 0 Å². The molecule has 1 saturated carbocycles. The zero-order chi connectivity index (χ0) is 18.6. The Morgan fingerprint density at radius 1 is 0.885 bits per heavy atom. The number of hydrogen-bond acceptors (Lipinski definition) is 3. The van der Waals surface area contributed by atoms with Crippen molar-refractivity contribution in [1.82, 2.24) is 10.9 Å². The molecule has 3 N–H and O–H groups in total. The van der Waals surface area contributed by atoms with Crippen LogP contribution in [0.25, 0.3) is 0 Å². The maximum atomic E-state index is 12.5. The number of benzene rings is 2. The SMILES string of the molecule is O=C(O)/C=C\C(=O)NNC(=O)[C@@H]1CC1(c1ccccc1)c1ccccc1. The molecule has 2 aromatic carbocycles. The van der Waals surface area contributed by atoms with Gasteiger partial charge in [-0.3, -0.25) is 20.4 Å². The van der Waals surface area contributed by atoms with Crippen LogP contribution in [0.1, 0.15) is 17.5 Å². The van der Waals surface area contributed by atoms with Gasteiger partial charge in [-0.05, 0) is 17.5 Å². The van der Waals surface area contributed by atoms with E-state index in [9.17, 15) is 14.4 Å². The molecule has 0 aliphatic heterocycles. The van der Waals surface area contributed by atoms with Crippen molar-refractivity contribution in [3.8, 4) is 0 Å². The van der Waals surface area contributed by atoms with Crippen molar-refractivity contribution in [2.24, 2.45) is 5.92 Å². The molecule has 6 heteroatoms. The fraction of sp³-hybridized carbons (Fsp3) is 0.150. The first-order valence-corrected chi connectivity index (χ1v) is 8.16. The highest BCUT2D eigenvalue weighted by molar-refractivity contribution is 5.95. The number of carboxylic acid groups (broad SMARTS) is 1. The van der Waals surface area contributed by atoms with E-state index in [2.05, 4.69) is 10.9 Å². The Morgan fingerprint density at radius 2 is 1.42 bits per heavy atom. The molecule has 0 saturated heterocycles. The summed E-state index contributed by atoms with van der Waals surface area (Å²) in [5.74, 6) is -2.57. The molecule has 3 rings (SSSR count). The third kappa shape index (κ3) is 3.49. The predicted octanol–water partition coefficient (Wildman–Crippen LogP) is 1.78. The summed E-state index contributed by atoms with van der Waals surface area (Å²) in [5, 5.41) is 8.50. The average molecular weight is 350 g/mol. The highest BCUT2D eigenvalue weighted by Gasteiger charge is 2.60. The maximum absolute atomic E-state index is 12.5. The third-order valence-electron chi connectivity index (χ3n) is 4.54. The number of nitrogens with one attached hydrogen (secondary N) is 2. The van der Waals surface area contributed by atoms with Gasteiger partial charge in [0.25, 0.3) is 5.91 Å². The van der Waals surface area contributed by atoms with E-state index >= 15 is 0 Å². The lowest BCUT2D eigenvalue weighted by Crippen LogP contribution is -2.42. The third-order valence-corrected chi connectivity index (χ3v) is 4.54. The Labute approximate surface area is 150 Å². The molecule has 1 aliphatic carbocycles. The fourth-order valence-electron chi connectivity index (χ4n) is 3.25. The maximum Gasteiger partial charge on any atom is 0.328 e. The molecule has 2 aromatic rings. The monoisotopic (exact) mass is 350 g/mol. The first-order chi connectivity index (χ1) is 12.5. The van der Waals surface area contributed by atoms with Gasteiger partial charge in [-0.1, -0.05) is 60.7 Å². The Kier molecular flexibility index (Phi) is 4.84. The molecule has 0 unspecified atom stereocenters. The number of aliphatic carboxylic acids is 1. The zero-order valence-corrected chi connectivity index (χ0v) is 13.9. The van der Waals surface area contributed by atoms with E-state index in [-0.39, 0.29) is 11.8 Å². The summed E-state index contributed by atoms with van der Waals surface area (Å²) in [5.41, 5.74) is 6.26. The van der Waals surface area contributed by atoms with E-state index in [1.165, 1.54) is 0 Å². The molecule has 2 amide bonds. The van der Waals surface area contributed by atoms with Gasteiger partial charge in [0.05, 0.1) is 5.92 Å². The zero-order valence-electron chi connectivity index (χ0n) is 13.9. The topological polar surface area (TPSA) is 95.5 Å². The molecule has 0 bridgehead atoms. The van der Waals surface area contributed by atoms with Crippen molar-refractivity contribution in [3.05, 3.63) is 83.9 Å². The Morgan fingerprint density at radius 3 is 1.92 bits per heavy atom. The number of carbonyl (C=O) groups excluding carboxylic acids is 2. The van der Waals surface area contributed by atoms with Crippen LogP contribution in [0.3, 0.4) is 0 Å². The van der Waals surface area contributed by atoms with Crippen LogP contribution in [0.4, 0.5) is 0 Å². The summed E-state index contributed by atoms with van der Waals surface area (Å²) < 4.78 is 0. The van der Waals surface area contributed by atoms with E-state index < -0.39 is 17.3 Å². The highest BCUT2D eigenvalue weighted by atomic mass is 16.4. The number of rotatable bonds is 5. The van der Waals surface area contributed by atoms with E-state index in [0.717, 1.165) is 17.2 Å². The normalized spacial score (nSPS) is 17.5. The van der Waals surface area contributed by atoms with Crippen LogP contribution in [0.2, 0.25) is 0 Å².